The van der Waals surface area contributed by atoms with Gasteiger partial charge in [-0.15, -0.1) is 0 Å². The standard InChI is InChI=1S/C22H25FN4/c1-16-13-17(23)7-8-22(16)27-11-9-19(10-12-27)26(2)15-18-14-24-20-5-3-4-6-21(20)25-18/h3-8,13-14,19H,9-12,15H2,1-2H3. The third-order valence-corrected chi connectivity index (χ3v) is 5.50. The minimum absolute atomic E-state index is 0.164. The molecule has 0 spiro atoms. The minimum atomic E-state index is -0.164. The van der Waals surface area contributed by atoms with Crippen LogP contribution >= 0.6 is 0 Å². The molecule has 0 radical (unpaired) electrons. The fraction of sp³-hybridized carbons (Fsp3) is 0.364. The number of piperidine rings is 1. The summed E-state index contributed by atoms with van der Waals surface area (Å²) < 4.78 is 13.4. The van der Waals surface area contributed by atoms with Gasteiger partial charge < -0.3 is 4.90 Å². The summed E-state index contributed by atoms with van der Waals surface area (Å²) in [5, 5.41) is 0. The van der Waals surface area contributed by atoms with E-state index in [0.717, 1.165) is 60.5 Å². The molecule has 0 saturated carbocycles. The molecular formula is C22H25FN4. The largest absolute Gasteiger partial charge is 0.371 e. The number of nitrogens with zero attached hydrogens (tertiary/aromatic N) is 4. The van der Waals surface area contributed by atoms with Crippen molar-refractivity contribution in [2.75, 3.05) is 25.0 Å². The van der Waals surface area contributed by atoms with Gasteiger partial charge in [0.05, 0.1) is 22.9 Å². The Balaban J connectivity index is 1.38. The summed E-state index contributed by atoms with van der Waals surface area (Å²) in [6.07, 6.45) is 4.07. The molecule has 1 saturated heterocycles. The number of para-hydroxylation sites is 2. The number of rotatable bonds is 4. The molecule has 5 heteroatoms. The van der Waals surface area contributed by atoms with Gasteiger partial charge in [0, 0.05) is 31.4 Å². The molecule has 1 aliphatic heterocycles. The van der Waals surface area contributed by atoms with E-state index in [9.17, 15) is 4.39 Å². The highest BCUT2D eigenvalue weighted by molar-refractivity contribution is 5.73. The molecule has 27 heavy (non-hydrogen) atoms. The SMILES string of the molecule is Cc1cc(F)ccc1N1CCC(N(C)Cc2cnc3ccccc3n2)CC1. The van der Waals surface area contributed by atoms with Crippen LogP contribution in [-0.2, 0) is 6.54 Å². The second-order valence-corrected chi connectivity index (χ2v) is 7.41. The van der Waals surface area contributed by atoms with Gasteiger partial charge in [-0.25, -0.2) is 9.37 Å². The lowest BCUT2D eigenvalue weighted by atomic mass is 10.0. The van der Waals surface area contributed by atoms with E-state index >= 15 is 0 Å². The van der Waals surface area contributed by atoms with Crippen molar-refractivity contribution < 1.29 is 4.39 Å². The van der Waals surface area contributed by atoms with Crippen molar-refractivity contribution >= 4 is 16.7 Å². The van der Waals surface area contributed by atoms with E-state index in [1.807, 2.05) is 43.5 Å². The van der Waals surface area contributed by atoms with Crippen molar-refractivity contribution in [3.05, 3.63) is 65.7 Å². The maximum atomic E-state index is 13.4. The van der Waals surface area contributed by atoms with Crippen molar-refractivity contribution in [3.63, 3.8) is 0 Å². The fourth-order valence-corrected chi connectivity index (χ4v) is 3.98. The summed E-state index contributed by atoms with van der Waals surface area (Å²) in [4.78, 5) is 14.0. The maximum absolute atomic E-state index is 13.4. The number of anilines is 1. The lowest BCUT2D eigenvalue weighted by Crippen LogP contribution is -2.43. The van der Waals surface area contributed by atoms with Gasteiger partial charge in [0.15, 0.2) is 0 Å². The Hall–Kier alpha value is -2.53. The molecule has 0 bridgehead atoms. The zero-order valence-electron chi connectivity index (χ0n) is 15.9. The maximum Gasteiger partial charge on any atom is 0.123 e. The van der Waals surface area contributed by atoms with Gasteiger partial charge in [-0.2, -0.15) is 0 Å². The molecule has 1 aliphatic rings. The first-order valence-electron chi connectivity index (χ1n) is 9.52. The topological polar surface area (TPSA) is 32.3 Å². The van der Waals surface area contributed by atoms with Gasteiger partial charge in [-0.3, -0.25) is 9.88 Å². The third kappa shape index (κ3) is 3.93. The molecule has 1 fully saturated rings. The summed E-state index contributed by atoms with van der Waals surface area (Å²) >= 11 is 0. The molecule has 2 heterocycles. The molecule has 4 nitrogen and oxygen atoms in total. The Labute approximate surface area is 159 Å². The highest BCUT2D eigenvalue weighted by atomic mass is 19.1. The molecule has 2 aromatic carbocycles. The van der Waals surface area contributed by atoms with Gasteiger partial charge in [-0.05, 0) is 62.7 Å². The van der Waals surface area contributed by atoms with E-state index in [1.54, 1.807) is 12.1 Å². The average molecular weight is 364 g/mol. The highest BCUT2D eigenvalue weighted by Crippen LogP contribution is 2.26. The zero-order chi connectivity index (χ0) is 18.8. The van der Waals surface area contributed by atoms with Crippen LogP contribution in [0.2, 0.25) is 0 Å². The average Bonchev–Trinajstić information content (AvgIpc) is 2.68. The van der Waals surface area contributed by atoms with Crippen LogP contribution in [0.3, 0.4) is 0 Å². The van der Waals surface area contributed by atoms with Crippen LogP contribution in [0.1, 0.15) is 24.1 Å². The van der Waals surface area contributed by atoms with Gasteiger partial charge in [0.2, 0.25) is 0 Å². The summed E-state index contributed by atoms with van der Waals surface area (Å²) in [6.45, 7) is 4.77. The molecule has 140 valence electrons. The van der Waals surface area contributed by atoms with E-state index in [1.165, 1.54) is 0 Å². The lowest BCUT2D eigenvalue weighted by Gasteiger charge is -2.38. The Morgan fingerprint density at radius 1 is 1.11 bits per heavy atom. The van der Waals surface area contributed by atoms with Crippen molar-refractivity contribution in [2.24, 2.45) is 0 Å². The number of hydrogen-bond donors (Lipinski definition) is 0. The summed E-state index contributed by atoms with van der Waals surface area (Å²) in [6, 6.07) is 13.6. The first kappa shape index (κ1) is 17.9. The van der Waals surface area contributed by atoms with Crippen LogP contribution in [-0.4, -0.2) is 41.0 Å². The number of aromatic nitrogens is 2. The molecule has 0 atom stereocenters. The smallest absolute Gasteiger partial charge is 0.123 e. The number of fused-ring (bicyclic) bond motifs is 1. The predicted octanol–water partition coefficient (Wildman–Crippen LogP) is 4.18. The van der Waals surface area contributed by atoms with E-state index in [2.05, 4.69) is 21.8 Å². The second kappa shape index (κ2) is 7.61. The van der Waals surface area contributed by atoms with Crippen LogP contribution in [0.4, 0.5) is 10.1 Å². The highest BCUT2D eigenvalue weighted by Gasteiger charge is 2.23. The fourth-order valence-electron chi connectivity index (χ4n) is 3.98. The van der Waals surface area contributed by atoms with Crippen molar-refractivity contribution in [2.45, 2.75) is 32.4 Å². The minimum Gasteiger partial charge on any atom is -0.371 e. The predicted molar refractivity (Wildman–Crippen MR) is 107 cm³/mol. The zero-order valence-corrected chi connectivity index (χ0v) is 15.9. The number of benzene rings is 2. The van der Waals surface area contributed by atoms with Gasteiger partial charge in [-0.1, -0.05) is 12.1 Å². The van der Waals surface area contributed by atoms with Gasteiger partial charge >= 0.3 is 0 Å². The molecule has 0 N–H and O–H groups in total. The molecule has 0 unspecified atom stereocenters. The number of hydrogen-bond acceptors (Lipinski definition) is 4. The lowest BCUT2D eigenvalue weighted by molar-refractivity contribution is 0.198. The molecule has 4 rings (SSSR count). The van der Waals surface area contributed by atoms with Crippen molar-refractivity contribution in [1.29, 1.82) is 0 Å². The summed E-state index contributed by atoms with van der Waals surface area (Å²) in [5.74, 6) is -0.164. The Morgan fingerprint density at radius 2 is 1.85 bits per heavy atom. The first-order chi connectivity index (χ1) is 13.1. The van der Waals surface area contributed by atoms with Crippen LogP contribution in [0.25, 0.3) is 11.0 Å². The molecule has 1 aromatic heterocycles. The van der Waals surface area contributed by atoms with E-state index in [0.29, 0.717) is 6.04 Å². The summed E-state index contributed by atoms with van der Waals surface area (Å²) in [7, 11) is 2.17. The van der Waals surface area contributed by atoms with E-state index < -0.39 is 0 Å². The van der Waals surface area contributed by atoms with Crippen molar-refractivity contribution in [3.8, 4) is 0 Å². The molecule has 0 amide bonds. The normalized spacial score (nSPS) is 15.6. The molecular weight excluding hydrogens is 339 g/mol. The monoisotopic (exact) mass is 364 g/mol. The first-order valence-corrected chi connectivity index (χ1v) is 9.52. The van der Waals surface area contributed by atoms with Crippen LogP contribution in [0, 0.1) is 12.7 Å². The van der Waals surface area contributed by atoms with Crippen LogP contribution in [0.5, 0.6) is 0 Å². The van der Waals surface area contributed by atoms with Crippen LogP contribution < -0.4 is 4.90 Å². The quantitative estimate of drug-likeness (QED) is 0.695. The second-order valence-electron chi connectivity index (χ2n) is 7.41. The number of aryl methyl sites for hydroxylation is 1. The van der Waals surface area contributed by atoms with E-state index in [-0.39, 0.29) is 5.82 Å². The number of halogens is 1. The van der Waals surface area contributed by atoms with Crippen molar-refractivity contribution in [1.82, 2.24) is 14.9 Å². The van der Waals surface area contributed by atoms with E-state index in [4.69, 9.17) is 4.98 Å². The Morgan fingerprint density at radius 3 is 2.59 bits per heavy atom. The molecule has 0 aliphatic carbocycles. The molecule has 3 aromatic rings. The Bertz CT molecular complexity index is 934. The van der Waals surface area contributed by atoms with Gasteiger partial charge in [0.1, 0.15) is 5.82 Å². The van der Waals surface area contributed by atoms with Gasteiger partial charge in [0.25, 0.3) is 0 Å². The van der Waals surface area contributed by atoms with Crippen LogP contribution in [0.15, 0.2) is 48.7 Å². The third-order valence-electron chi connectivity index (χ3n) is 5.50. The Kier molecular flexibility index (Phi) is 5.03. The summed E-state index contributed by atoms with van der Waals surface area (Å²) in [5.41, 5.74) is 5.05.